The zero-order valence-electron chi connectivity index (χ0n) is 17.3. The van der Waals surface area contributed by atoms with E-state index in [9.17, 15) is 8.42 Å². The predicted molar refractivity (Wildman–Crippen MR) is 115 cm³/mol. The molecule has 0 amide bonds. The Hall–Kier alpha value is -3.57. The summed E-state index contributed by atoms with van der Waals surface area (Å²) >= 11 is 0. The lowest BCUT2D eigenvalue weighted by Gasteiger charge is -2.37. The smallest absolute Gasteiger partial charge is 0.243 e. The average molecular weight is 452 g/mol. The first kappa shape index (κ1) is 20.3. The van der Waals surface area contributed by atoms with Gasteiger partial charge in [0, 0.05) is 13.1 Å². The van der Waals surface area contributed by atoms with Crippen molar-refractivity contribution in [3.8, 4) is 16.9 Å². The first-order chi connectivity index (χ1) is 15.5. The number of benzene rings is 2. The SMILES string of the molecule is COc1ccc(-c2ccc(S(=O)(=O)N3CC(n4cc(Cn5nccn5)nn4)C3)cc2)cc1. The van der Waals surface area contributed by atoms with Crippen LogP contribution in [0.5, 0.6) is 5.75 Å². The lowest BCUT2D eigenvalue weighted by Crippen LogP contribution is -2.50. The van der Waals surface area contributed by atoms with Gasteiger partial charge in [0.1, 0.15) is 18.0 Å². The van der Waals surface area contributed by atoms with Crippen LogP contribution in [0.15, 0.2) is 72.0 Å². The van der Waals surface area contributed by atoms with Crippen LogP contribution in [-0.4, -0.2) is 62.9 Å². The van der Waals surface area contributed by atoms with E-state index in [2.05, 4.69) is 20.5 Å². The van der Waals surface area contributed by atoms with Crippen molar-refractivity contribution in [1.82, 2.24) is 34.3 Å². The molecular weight excluding hydrogens is 430 g/mol. The third-order valence-corrected chi connectivity index (χ3v) is 7.29. The Bertz CT molecular complexity index is 1290. The van der Waals surface area contributed by atoms with Crippen molar-refractivity contribution in [2.75, 3.05) is 20.2 Å². The van der Waals surface area contributed by atoms with Crippen LogP contribution >= 0.6 is 0 Å². The van der Waals surface area contributed by atoms with E-state index in [0.717, 1.165) is 22.6 Å². The van der Waals surface area contributed by atoms with E-state index >= 15 is 0 Å². The summed E-state index contributed by atoms with van der Waals surface area (Å²) in [5.74, 6) is 0.776. The van der Waals surface area contributed by atoms with Crippen molar-refractivity contribution in [3.63, 3.8) is 0 Å². The van der Waals surface area contributed by atoms with Gasteiger partial charge in [0.2, 0.25) is 10.0 Å². The molecule has 4 aromatic rings. The van der Waals surface area contributed by atoms with Crippen LogP contribution in [0.25, 0.3) is 11.1 Å². The molecule has 164 valence electrons. The topological polar surface area (TPSA) is 108 Å². The first-order valence-corrected chi connectivity index (χ1v) is 11.5. The quantitative estimate of drug-likeness (QED) is 0.422. The van der Waals surface area contributed by atoms with Crippen LogP contribution in [-0.2, 0) is 16.6 Å². The number of methoxy groups -OCH3 is 1. The van der Waals surface area contributed by atoms with E-state index in [-0.39, 0.29) is 10.9 Å². The van der Waals surface area contributed by atoms with Crippen molar-refractivity contribution in [2.24, 2.45) is 0 Å². The number of hydrogen-bond donors (Lipinski definition) is 0. The van der Waals surface area contributed by atoms with Crippen LogP contribution in [0, 0.1) is 0 Å². The molecule has 0 atom stereocenters. The molecule has 1 aliphatic rings. The number of sulfonamides is 1. The maximum absolute atomic E-state index is 13.0. The molecule has 10 nitrogen and oxygen atoms in total. The summed E-state index contributed by atoms with van der Waals surface area (Å²) in [5, 5.41) is 16.4. The van der Waals surface area contributed by atoms with E-state index in [1.807, 2.05) is 42.6 Å². The van der Waals surface area contributed by atoms with Crippen molar-refractivity contribution in [1.29, 1.82) is 0 Å². The minimum atomic E-state index is -3.56. The molecule has 32 heavy (non-hydrogen) atoms. The molecule has 1 fully saturated rings. The van der Waals surface area contributed by atoms with Crippen LogP contribution in [0.1, 0.15) is 11.7 Å². The Balaban J connectivity index is 1.23. The molecule has 2 aromatic carbocycles. The average Bonchev–Trinajstić information content (AvgIpc) is 3.45. The number of ether oxygens (including phenoxy) is 1. The fourth-order valence-electron chi connectivity index (χ4n) is 3.57. The summed E-state index contributed by atoms with van der Waals surface area (Å²) < 4.78 is 34.3. The predicted octanol–water partition coefficient (Wildman–Crippen LogP) is 1.84. The highest BCUT2D eigenvalue weighted by Crippen LogP contribution is 2.29. The largest absolute Gasteiger partial charge is 0.497 e. The van der Waals surface area contributed by atoms with Gasteiger partial charge in [0.25, 0.3) is 0 Å². The second kappa shape index (κ2) is 8.17. The third-order valence-electron chi connectivity index (χ3n) is 5.45. The summed E-state index contributed by atoms with van der Waals surface area (Å²) in [6, 6.07) is 14.5. The van der Waals surface area contributed by atoms with E-state index in [1.165, 1.54) is 9.10 Å². The van der Waals surface area contributed by atoms with Crippen LogP contribution in [0.3, 0.4) is 0 Å². The van der Waals surface area contributed by atoms with Gasteiger partial charge >= 0.3 is 0 Å². The summed E-state index contributed by atoms with van der Waals surface area (Å²) in [7, 11) is -1.94. The first-order valence-electron chi connectivity index (χ1n) is 10.0. The number of rotatable bonds is 7. The Morgan fingerprint density at radius 1 is 0.969 bits per heavy atom. The molecule has 0 radical (unpaired) electrons. The molecule has 0 unspecified atom stereocenters. The second-order valence-electron chi connectivity index (χ2n) is 7.48. The van der Waals surface area contributed by atoms with Gasteiger partial charge in [-0.2, -0.15) is 19.3 Å². The Morgan fingerprint density at radius 3 is 2.22 bits per heavy atom. The van der Waals surface area contributed by atoms with E-state index < -0.39 is 10.0 Å². The number of hydrogen-bond acceptors (Lipinski definition) is 7. The van der Waals surface area contributed by atoms with Gasteiger partial charge in [-0.25, -0.2) is 13.1 Å². The third kappa shape index (κ3) is 3.87. The summed E-state index contributed by atoms with van der Waals surface area (Å²) in [6.07, 6.45) is 5.01. The highest BCUT2D eigenvalue weighted by atomic mass is 32.2. The Kier molecular flexibility index (Phi) is 5.19. The molecule has 3 heterocycles. The van der Waals surface area contributed by atoms with Gasteiger partial charge in [-0.3, -0.25) is 0 Å². The zero-order chi connectivity index (χ0) is 22.1. The maximum atomic E-state index is 13.0. The molecular formula is C21H21N7O3S. The minimum absolute atomic E-state index is 0.0461. The summed E-state index contributed by atoms with van der Waals surface area (Å²) in [4.78, 5) is 1.79. The number of nitrogens with zero attached hydrogens (tertiary/aromatic N) is 7. The fourth-order valence-corrected chi connectivity index (χ4v) is 5.08. The van der Waals surface area contributed by atoms with Crippen molar-refractivity contribution in [3.05, 3.63) is 72.8 Å². The lowest BCUT2D eigenvalue weighted by molar-refractivity contribution is 0.189. The fraction of sp³-hybridized carbons (Fsp3) is 0.238. The monoisotopic (exact) mass is 451 g/mol. The Morgan fingerprint density at radius 2 is 1.59 bits per heavy atom. The van der Waals surface area contributed by atoms with Crippen molar-refractivity contribution >= 4 is 10.0 Å². The summed E-state index contributed by atoms with van der Waals surface area (Å²) in [5.41, 5.74) is 2.65. The lowest BCUT2D eigenvalue weighted by atomic mass is 10.1. The second-order valence-corrected chi connectivity index (χ2v) is 9.42. The number of aromatic nitrogens is 6. The van der Waals surface area contributed by atoms with E-state index in [1.54, 1.807) is 36.3 Å². The van der Waals surface area contributed by atoms with Crippen molar-refractivity contribution in [2.45, 2.75) is 17.5 Å². The molecule has 0 bridgehead atoms. The molecule has 5 rings (SSSR count). The molecule has 2 aromatic heterocycles. The van der Waals surface area contributed by atoms with Crippen molar-refractivity contribution < 1.29 is 13.2 Å². The summed E-state index contributed by atoms with van der Waals surface area (Å²) in [6.45, 7) is 1.12. The van der Waals surface area contributed by atoms with Gasteiger partial charge in [-0.05, 0) is 35.4 Å². The highest BCUT2D eigenvalue weighted by molar-refractivity contribution is 7.89. The van der Waals surface area contributed by atoms with Gasteiger partial charge in [0.15, 0.2) is 0 Å². The molecule has 0 N–H and O–H groups in total. The molecule has 0 saturated carbocycles. The van der Waals surface area contributed by atoms with E-state index in [4.69, 9.17) is 4.74 Å². The van der Waals surface area contributed by atoms with Gasteiger partial charge in [-0.15, -0.1) is 5.10 Å². The van der Waals surface area contributed by atoms with Gasteiger partial charge in [0.05, 0.1) is 36.6 Å². The standard InChI is InChI=1S/C21H21N7O3S/c1-31-20-6-2-16(3-7-20)17-4-8-21(9-5-17)32(29,30)26-14-19(15-26)27-12-18(24-25-27)13-28-22-10-11-23-28/h2-12,19H,13-15H2,1H3. The zero-order valence-corrected chi connectivity index (χ0v) is 18.1. The Labute approximate surface area is 185 Å². The molecule has 1 saturated heterocycles. The van der Waals surface area contributed by atoms with Gasteiger partial charge < -0.3 is 4.74 Å². The van der Waals surface area contributed by atoms with Crippen LogP contribution in [0.4, 0.5) is 0 Å². The molecule has 0 spiro atoms. The normalized spacial score (nSPS) is 14.9. The molecule has 1 aliphatic heterocycles. The van der Waals surface area contributed by atoms with Gasteiger partial charge in [-0.1, -0.05) is 29.5 Å². The van der Waals surface area contributed by atoms with Crippen LogP contribution < -0.4 is 4.74 Å². The van der Waals surface area contributed by atoms with Crippen LogP contribution in [0.2, 0.25) is 0 Å². The van der Waals surface area contributed by atoms with E-state index in [0.29, 0.717) is 19.6 Å². The molecule has 0 aliphatic carbocycles. The highest BCUT2D eigenvalue weighted by Gasteiger charge is 2.38. The maximum Gasteiger partial charge on any atom is 0.243 e. The minimum Gasteiger partial charge on any atom is -0.497 e. The molecule has 11 heteroatoms.